The number of carbonyl (C=O) groups excluding carboxylic acids is 1. The number of nitrogens with zero attached hydrogens (tertiary/aromatic N) is 1. The Bertz CT molecular complexity index is 460. The maximum absolute atomic E-state index is 12.8. The molecule has 0 heterocycles. The lowest BCUT2D eigenvalue weighted by Crippen LogP contribution is -2.37. The number of benzene rings is 1. The molecule has 128 valence electrons. The minimum atomic E-state index is -0.401. The van der Waals surface area contributed by atoms with E-state index in [0.717, 1.165) is 63.7 Å². The average Bonchev–Trinajstić information content (AvgIpc) is 3.07. The molecule has 23 heavy (non-hydrogen) atoms. The molecule has 0 aliphatic heterocycles. The van der Waals surface area contributed by atoms with Crippen molar-refractivity contribution in [1.29, 1.82) is 0 Å². The molecule has 3 heteroatoms. The van der Waals surface area contributed by atoms with Crippen LogP contribution in [0.5, 0.6) is 0 Å². The van der Waals surface area contributed by atoms with E-state index in [0.29, 0.717) is 6.61 Å². The summed E-state index contributed by atoms with van der Waals surface area (Å²) in [6.45, 7) is 7.89. The summed E-state index contributed by atoms with van der Waals surface area (Å²) in [6.07, 6.45) is 6.35. The Kier molecular flexibility index (Phi) is 7.10. The maximum atomic E-state index is 12.8. The third-order valence-corrected chi connectivity index (χ3v) is 4.89. The molecule has 0 spiro atoms. The first-order valence-corrected chi connectivity index (χ1v) is 9.18. The highest BCUT2D eigenvalue weighted by atomic mass is 16.5. The lowest BCUT2D eigenvalue weighted by atomic mass is 9.79. The first kappa shape index (κ1) is 18.0. The van der Waals surface area contributed by atoms with E-state index in [1.807, 2.05) is 18.2 Å². The molecule has 1 aliphatic rings. The quantitative estimate of drug-likeness (QED) is 0.640. The van der Waals surface area contributed by atoms with Gasteiger partial charge in [-0.3, -0.25) is 9.69 Å². The van der Waals surface area contributed by atoms with Crippen molar-refractivity contribution in [3.8, 4) is 0 Å². The van der Waals surface area contributed by atoms with E-state index >= 15 is 0 Å². The summed E-state index contributed by atoms with van der Waals surface area (Å²) in [7, 11) is 0. The fraction of sp³-hybridized carbons (Fsp3) is 0.650. The third-order valence-electron chi connectivity index (χ3n) is 4.89. The van der Waals surface area contributed by atoms with Crippen LogP contribution >= 0.6 is 0 Å². The van der Waals surface area contributed by atoms with Gasteiger partial charge in [0.05, 0.1) is 5.41 Å². The van der Waals surface area contributed by atoms with Crippen molar-refractivity contribution in [2.24, 2.45) is 0 Å². The van der Waals surface area contributed by atoms with Crippen molar-refractivity contribution in [2.75, 3.05) is 26.2 Å². The number of hydrogen-bond donors (Lipinski definition) is 0. The highest BCUT2D eigenvalue weighted by Gasteiger charge is 2.43. The van der Waals surface area contributed by atoms with Crippen LogP contribution in [0.4, 0.5) is 0 Å². The highest BCUT2D eigenvalue weighted by molar-refractivity contribution is 5.83. The Morgan fingerprint density at radius 1 is 1.04 bits per heavy atom. The molecule has 1 saturated carbocycles. The first-order chi connectivity index (χ1) is 11.2. The van der Waals surface area contributed by atoms with E-state index in [1.54, 1.807) is 0 Å². The van der Waals surface area contributed by atoms with Crippen molar-refractivity contribution in [3.05, 3.63) is 35.9 Å². The predicted octanol–water partition coefficient (Wildman–Crippen LogP) is 4.16. The van der Waals surface area contributed by atoms with Crippen LogP contribution < -0.4 is 0 Å². The number of hydrogen-bond acceptors (Lipinski definition) is 3. The molecule has 0 radical (unpaired) electrons. The number of carbonyl (C=O) groups is 1. The maximum Gasteiger partial charge on any atom is 0.316 e. The third kappa shape index (κ3) is 4.57. The molecule has 0 atom stereocenters. The molecule has 1 aromatic rings. The van der Waals surface area contributed by atoms with Gasteiger partial charge in [-0.1, -0.05) is 57.0 Å². The van der Waals surface area contributed by atoms with Crippen molar-refractivity contribution in [3.63, 3.8) is 0 Å². The Hall–Kier alpha value is -1.35. The van der Waals surface area contributed by atoms with E-state index in [4.69, 9.17) is 4.74 Å². The zero-order chi connectivity index (χ0) is 16.5. The lowest BCUT2D eigenvalue weighted by molar-refractivity contribution is -0.151. The van der Waals surface area contributed by atoms with Crippen LogP contribution in [0.2, 0.25) is 0 Å². The Labute approximate surface area is 141 Å². The number of ether oxygens (including phenoxy) is 1. The van der Waals surface area contributed by atoms with Crippen LogP contribution in [0.1, 0.15) is 57.9 Å². The summed E-state index contributed by atoms with van der Waals surface area (Å²) in [4.78, 5) is 15.2. The second-order valence-electron chi connectivity index (χ2n) is 6.63. The fourth-order valence-corrected chi connectivity index (χ4v) is 3.72. The summed E-state index contributed by atoms with van der Waals surface area (Å²) in [6, 6.07) is 10.2. The SMILES string of the molecule is CCCN(CCC)CCOC(=O)C1(c2ccccc2)CCCC1. The van der Waals surface area contributed by atoms with E-state index in [9.17, 15) is 4.79 Å². The molecule has 0 unspecified atom stereocenters. The van der Waals surface area contributed by atoms with Gasteiger partial charge in [-0.25, -0.2) is 0 Å². The molecule has 2 rings (SSSR count). The largest absolute Gasteiger partial charge is 0.464 e. The molecule has 0 amide bonds. The summed E-state index contributed by atoms with van der Waals surface area (Å²) in [5, 5.41) is 0. The molecule has 0 aromatic heterocycles. The van der Waals surface area contributed by atoms with Crippen LogP contribution in [0, 0.1) is 0 Å². The molecule has 0 saturated heterocycles. The molecule has 1 aliphatic carbocycles. The first-order valence-electron chi connectivity index (χ1n) is 9.18. The number of rotatable bonds is 9. The van der Waals surface area contributed by atoms with Crippen LogP contribution in [0.3, 0.4) is 0 Å². The smallest absolute Gasteiger partial charge is 0.316 e. The molecule has 0 N–H and O–H groups in total. The monoisotopic (exact) mass is 317 g/mol. The van der Waals surface area contributed by atoms with Crippen molar-refractivity contribution < 1.29 is 9.53 Å². The molecule has 1 aromatic carbocycles. The van der Waals surface area contributed by atoms with Gasteiger partial charge >= 0.3 is 5.97 Å². The summed E-state index contributed by atoms with van der Waals surface area (Å²) < 4.78 is 5.73. The minimum absolute atomic E-state index is 0.0193. The molecule has 3 nitrogen and oxygen atoms in total. The van der Waals surface area contributed by atoms with Crippen LogP contribution in [0.25, 0.3) is 0 Å². The van der Waals surface area contributed by atoms with Crippen LogP contribution in [-0.2, 0) is 14.9 Å². The van der Waals surface area contributed by atoms with Crippen molar-refractivity contribution >= 4 is 5.97 Å². The predicted molar refractivity (Wildman–Crippen MR) is 94.6 cm³/mol. The number of esters is 1. The van der Waals surface area contributed by atoms with Crippen LogP contribution in [0.15, 0.2) is 30.3 Å². The average molecular weight is 317 g/mol. The van der Waals surface area contributed by atoms with Gasteiger partial charge in [-0.2, -0.15) is 0 Å². The van der Waals surface area contributed by atoms with Gasteiger partial charge < -0.3 is 4.74 Å². The van der Waals surface area contributed by atoms with Crippen LogP contribution in [-0.4, -0.2) is 37.1 Å². The fourth-order valence-electron chi connectivity index (χ4n) is 3.72. The molecule has 1 fully saturated rings. The normalized spacial score (nSPS) is 16.7. The molecule has 0 bridgehead atoms. The molecular formula is C20H31NO2. The standard InChI is InChI=1S/C20H31NO2/c1-3-14-21(15-4-2)16-17-23-19(22)20(12-8-9-13-20)18-10-6-5-7-11-18/h5-7,10-11H,3-4,8-9,12-17H2,1-2H3. The van der Waals surface area contributed by atoms with Crippen molar-refractivity contribution in [1.82, 2.24) is 4.90 Å². The Morgan fingerprint density at radius 3 is 2.22 bits per heavy atom. The van der Waals surface area contributed by atoms with Gasteiger partial charge in [0.25, 0.3) is 0 Å². The van der Waals surface area contributed by atoms with E-state index in [2.05, 4.69) is 30.9 Å². The van der Waals surface area contributed by atoms with Gasteiger partial charge in [0.2, 0.25) is 0 Å². The summed E-state index contributed by atoms with van der Waals surface area (Å²) in [5.74, 6) is -0.0193. The second-order valence-corrected chi connectivity index (χ2v) is 6.63. The van der Waals surface area contributed by atoms with E-state index < -0.39 is 5.41 Å². The molecular weight excluding hydrogens is 286 g/mol. The zero-order valence-corrected chi connectivity index (χ0v) is 14.7. The Morgan fingerprint density at radius 2 is 1.65 bits per heavy atom. The van der Waals surface area contributed by atoms with Gasteiger partial charge in [-0.15, -0.1) is 0 Å². The van der Waals surface area contributed by atoms with E-state index in [1.165, 1.54) is 0 Å². The van der Waals surface area contributed by atoms with Gasteiger partial charge in [0.15, 0.2) is 0 Å². The van der Waals surface area contributed by atoms with Gasteiger partial charge in [0, 0.05) is 6.54 Å². The van der Waals surface area contributed by atoms with Gasteiger partial charge in [-0.05, 0) is 44.3 Å². The minimum Gasteiger partial charge on any atom is -0.464 e. The highest BCUT2D eigenvalue weighted by Crippen LogP contribution is 2.42. The Balaban J connectivity index is 1.95. The van der Waals surface area contributed by atoms with E-state index in [-0.39, 0.29) is 5.97 Å². The summed E-state index contributed by atoms with van der Waals surface area (Å²) >= 11 is 0. The van der Waals surface area contributed by atoms with Crippen molar-refractivity contribution in [2.45, 2.75) is 57.8 Å². The van der Waals surface area contributed by atoms with Gasteiger partial charge in [0.1, 0.15) is 6.61 Å². The zero-order valence-electron chi connectivity index (χ0n) is 14.7. The lowest BCUT2D eigenvalue weighted by Gasteiger charge is -2.28. The topological polar surface area (TPSA) is 29.5 Å². The second kappa shape index (κ2) is 9.07. The summed E-state index contributed by atoms with van der Waals surface area (Å²) in [5.41, 5.74) is 0.725.